The smallest absolute Gasteiger partial charge is 0.287 e. The number of benzene rings is 2. The molecule has 1 aromatic heterocycles. The highest BCUT2D eigenvalue weighted by Gasteiger charge is 2.20. The van der Waals surface area contributed by atoms with Gasteiger partial charge in [0, 0.05) is 0 Å². The molecule has 0 spiro atoms. The van der Waals surface area contributed by atoms with Gasteiger partial charge in [0.05, 0.1) is 6.04 Å². The molecule has 0 saturated carbocycles. The van der Waals surface area contributed by atoms with Crippen LogP contribution in [0.25, 0.3) is 0 Å². The minimum absolute atomic E-state index is 0.193. The Labute approximate surface area is 154 Å². The Hall–Kier alpha value is -2.40. The van der Waals surface area contributed by atoms with Crippen LogP contribution in [0.1, 0.15) is 40.2 Å². The SMILES string of the molecule is CCc1ccc(C(NC(=O)c2ccc(Br)o2)c2cccc(F)c2)cc1. The summed E-state index contributed by atoms with van der Waals surface area (Å²) in [6, 6.07) is 16.9. The van der Waals surface area contributed by atoms with Crippen molar-refractivity contribution in [3.8, 4) is 0 Å². The molecule has 0 aliphatic rings. The van der Waals surface area contributed by atoms with Crippen LogP contribution in [-0.2, 0) is 6.42 Å². The number of furan rings is 1. The van der Waals surface area contributed by atoms with Gasteiger partial charge in [0.1, 0.15) is 5.82 Å². The van der Waals surface area contributed by atoms with E-state index in [1.165, 1.54) is 17.7 Å². The molecule has 5 heteroatoms. The molecule has 0 aliphatic carbocycles. The van der Waals surface area contributed by atoms with E-state index in [2.05, 4.69) is 28.2 Å². The van der Waals surface area contributed by atoms with Gasteiger partial charge < -0.3 is 9.73 Å². The van der Waals surface area contributed by atoms with Crippen LogP contribution >= 0.6 is 15.9 Å². The lowest BCUT2D eigenvalue weighted by atomic mass is 9.97. The molecule has 0 bridgehead atoms. The van der Waals surface area contributed by atoms with E-state index in [1.54, 1.807) is 24.3 Å². The zero-order chi connectivity index (χ0) is 17.8. The van der Waals surface area contributed by atoms with E-state index >= 15 is 0 Å². The first-order valence-corrected chi connectivity index (χ1v) is 8.76. The Morgan fingerprint density at radius 1 is 1.12 bits per heavy atom. The van der Waals surface area contributed by atoms with Crippen LogP contribution < -0.4 is 5.32 Å². The number of rotatable bonds is 5. The number of hydrogen-bond acceptors (Lipinski definition) is 2. The normalized spacial score (nSPS) is 12.0. The molecule has 0 radical (unpaired) electrons. The molecule has 1 N–H and O–H groups in total. The van der Waals surface area contributed by atoms with Crippen LogP contribution in [0.4, 0.5) is 4.39 Å². The second kappa shape index (κ2) is 7.66. The molecule has 1 unspecified atom stereocenters. The van der Waals surface area contributed by atoms with Gasteiger partial charge in [-0.2, -0.15) is 0 Å². The van der Waals surface area contributed by atoms with Crippen LogP contribution in [0, 0.1) is 5.82 Å². The molecule has 25 heavy (non-hydrogen) atoms. The number of aryl methyl sites for hydroxylation is 1. The van der Waals surface area contributed by atoms with E-state index in [9.17, 15) is 9.18 Å². The zero-order valence-corrected chi connectivity index (χ0v) is 15.2. The Morgan fingerprint density at radius 2 is 1.88 bits per heavy atom. The molecule has 1 atom stereocenters. The summed E-state index contributed by atoms with van der Waals surface area (Å²) in [5.74, 6) is -0.513. The highest BCUT2D eigenvalue weighted by Crippen LogP contribution is 2.24. The van der Waals surface area contributed by atoms with Crippen molar-refractivity contribution < 1.29 is 13.6 Å². The minimum Gasteiger partial charge on any atom is -0.444 e. The van der Waals surface area contributed by atoms with E-state index in [0.29, 0.717) is 10.2 Å². The Bertz CT molecular complexity index is 873. The number of carbonyl (C=O) groups excluding carboxylic acids is 1. The van der Waals surface area contributed by atoms with Crippen molar-refractivity contribution in [3.05, 3.63) is 93.6 Å². The summed E-state index contributed by atoms with van der Waals surface area (Å²) < 4.78 is 19.5. The summed E-state index contributed by atoms with van der Waals surface area (Å²) in [7, 11) is 0. The van der Waals surface area contributed by atoms with Crippen molar-refractivity contribution in [1.82, 2.24) is 5.32 Å². The quantitative estimate of drug-likeness (QED) is 0.633. The van der Waals surface area contributed by atoms with Crippen molar-refractivity contribution >= 4 is 21.8 Å². The van der Waals surface area contributed by atoms with Gasteiger partial charge in [-0.3, -0.25) is 4.79 Å². The van der Waals surface area contributed by atoms with Gasteiger partial charge >= 0.3 is 0 Å². The molecule has 1 heterocycles. The number of hydrogen-bond donors (Lipinski definition) is 1. The van der Waals surface area contributed by atoms with Gasteiger partial charge in [-0.1, -0.05) is 43.3 Å². The maximum atomic E-state index is 13.7. The lowest BCUT2D eigenvalue weighted by Crippen LogP contribution is -2.29. The van der Waals surface area contributed by atoms with Crippen molar-refractivity contribution in [2.24, 2.45) is 0 Å². The van der Waals surface area contributed by atoms with E-state index in [0.717, 1.165) is 12.0 Å². The summed E-state index contributed by atoms with van der Waals surface area (Å²) in [6.07, 6.45) is 0.928. The van der Waals surface area contributed by atoms with E-state index in [1.807, 2.05) is 24.3 Å². The third-order valence-corrected chi connectivity index (χ3v) is 4.40. The first kappa shape index (κ1) is 17.4. The van der Waals surface area contributed by atoms with Crippen LogP contribution in [-0.4, -0.2) is 5.91 Å². The van der Waals surface area contributed by atoms with Gasteiger partial charge in [-0.15, -0.1) is 0 Å². The van der Waals surface area contributed by atoms with Crippen LogP contribution in [0.2, 0.25) is 0 Å². The monoisotopic (exact) mass is 401 g/mol. The molecule has 0 aliphatic heterocycles. The lowest BCUT2D eigenvalue weighted by Gasteiger charge is -2.20. The highest BCUT2D eigenvalue weighted by molar-refractivity contribution is 9.10. The molecular formula is C20H17BrFNO2. The second-order valence-corrected chi connectivity index (χ2v) is 6.44. The lowest BCUT2D eigenvalue weighted by molar-refractivity contribution is 0.0913. The van der Waals surface area contributed by atoms with Crippen molar-refractivity contribution in [1.29, 1.82) is 0 Å². The van der Waals surface area contributed by atoms with Gasteiger partial charge in [0.2, 0.25) is 0 Å². The maximum Gasteiger partial charge on any atom is 0.287 e. The number of amides is 1. The Balaban J connectivity index is 1.94. The molecule has 0 saturated heterocycles. The average Bonchev–Trinajstić information content (AvgIpc) is 3.06. The maximum absolute atomic E-state index is 13.7. The predicted molar refractivity (Wildman–Crippen MR) is 97.9 cm³/mol. The van der Waals surface area contributed by atoms with Crippen molar-refractivity contribution in [3.63, 3.8) is 0 Å². The standard InChI is InChI=1S/C20H17BrFNO2/c1-2-13-6-8-14(9-7-13)19(15-4-3-5-16(22)12-15)23-20(24)17-10-11-18(21)25-17/h3-12,19H,2H2,1H3,(H,23,24). The Morgan fingerprint density at radius 3 is 2.48 bits per heavy atom. The zero-order valence-electron chi connectivity index (χ0n) is 13.6. The third-order valence-electron chi connectivity index (χ3n) is 3.98. The van der Waals surface area contributed by atoms with Crippen LogP contribution in [0.3, 0.4) is 0 Å². The molecule has 0 fully saturated rings. The van der Waals surface area contributed by atoms with E-state index < -0.39 is 6.04 Å². The second-order valence-electron chi connectivity index (χ2n) is 5.66. The number of nitrogens with one attached hydrogen (secondary N) is 1. The third kappa shape index (κ3) is 4.17. The largest absolute Gasteiger partial charge is 0.444 e. The van der Waals surface area contributed by atoms with Gasteiger partial charge in [0.25, 0.3) is 5.91 Å². The van der Waals surface area contributed by atoms with Crippen LogP contribution in [0.15, 0.2) is 69.8 Å². The molecule has 3 rings (SSSR count). The Kier molecular flexibility index (Phi) is 5.34. The summed E-state index contributed by atoms with van der Waals surface area (Å²) in [6.45, 7) is 2.08. The fraction of sp³-hybridized carbons (Fsp3) is 0.150. The van der Waals surface area contributed by atoms with Crippen LogP contribution in [0.5, 0.6) is 0 Å². The molecule has 128 valence electrons. The average molecular weight is 402 g/mol. The van der Waals surface area contributed by atoms with Gasteiger partial charge in [-0.05, 0) is 63.3 Å². The molecule has 2 aromatic carbocycles. The molecular weight excluding hydrogens is 385 g/mol. The summed E-state index contributed by atoms with van der Waals surface area (Å²) in [5, 5.41) is 2.92. The first-order valence-electron chi connectivity index (χ1n) is 7.97. The van der Waals surface area contributed by atoms with Gasteiger partial charge in [-0.25, -0.2) is 4.39 Å². The predicted octanol–water partition coefficient (Wildman–Crippen LogP) is 5.26. The number of halogens is 2. The summed E-state index contributed by atoms with van der Waals surface area (Å²) >= 11 is 3.19. The highest BCUT2D eigenvalue weighted by atomic mass is 79.9. The first-order chi connectivity index (χ1) is 12.1. The summed E-state index contributed by atoms with van der Waals surface area (Å²) in [5.41, 5.74) is 2.74. The van der Waals surface area contributed by atoms with E-state index in [4.69, 9.17) is 4.42 Å². The number of carbonyl (C=O) groups is 1. The van der Waals surface area contributed by atoms with Crippen molar-refractivity contribution in [2.75, 3.05) is 0 Å². The topological polar surface area (TPSA) is 42.2 Å². The molecule has 1 amide bonds. The molecule has 3 aromatic rings. The fourth-order valence-corrected chi connectivity index (χ4v) is 2.94. The minimum atomic E-state index is -0.474. The summed E-state index contributed by atoms with van der Waals surface area (Å²) in [4.78, 5) is 12.5. The van der Waals surface area contributed by atoms with Gasteiger partial charge in [0.15, 0.2) is 10.4 Å². The van der Waals surface area contributed by atoms with E-state index in [-0.39, 0.29) is 17.5 Å². The fourth-order valence-electron chi connectivity index (χ4n) is 2.63. The molecule has 3 nitrogen and oxygen atoms in total. The van der Waals surface area contributed by atoms with Crippen molar-refractivity contribution in [2.45, 2.75) is 19.4 Å².